The molecule has 2 N–H and O–H groups in total. The standard InChI is InChI=1S/C21H17F4N3OS/c22-18-7-6-13(28-30-14-4-1-3-12(9-14)21(23,24)25)10-16(18)19(29)17-11-27-20-15(17)5-2-8-26-20/h2,5-11,14,28H,1,3-4H2,(H,26,27). The van der Waals surface area contributed by atoms with E-state index in [-0.39, 0.29) is 17.2 Å². The molecule has 2 heterocycles. The maximum atomic E-state index is 14.4. The number of fused-ring (bicyclic) bond motifs is 1. The number of pyridine rings is 1. The van der Waals surface area contributed by atoms with Gasteiger partial charge >= 0.3 is 6.18 Å². The van der Waals surface area contributed by atoms with Gasteiger partial charge in [-0.15, -0.1) is 0 Å². The van der Waals surface area contributed by atoms with Gasteiger partial charge < -0.3 is 9.71 Å². The highest BCUT2D eigenvalue weighted by atomic mass is 32.2. The fraction of sp³-hybridized carbons (Fsp3) is 0.238. The number of hydrogen-bond acceptors (Lipinski definition) is 4. The molecule has 1 unspecified atom stereocenters. The second-order valence-electron chi connectivity index (χ2n) is 6.97. The highest BCUT2D eigenvalue weighted by Gasteiger charge is 2.35. The number of nitrogens with one attached hydrogen (secondary N) is 2. The molecule has 0 fully saturated rings. The summed E-state index contributed by atoms with van der Waals surface area (Å²) in [5, 5.41) is 0.223. The average Bonchev–Trinajstić information content (AvgIpc) is 3.16. The number of nitrogens with zero attached hydrogens (tertiary/aromatic N) is 1. The monoisotopic (exact) mass is 435 g/mol. The molecule has 0 bridgehead atoms. The summed E-state index contributed by atoms with van der Waals surface area (Å²) < 4.78 is 56.1. The van der Waals surface area contributed by atoms with Gasteiger partial charge in [0.25, 0.3) is 0 Å². The molecule has 2 aromatic heterocycles. The van der Waals surface area contributed by atoms with Crippen LogP contribution >= 0.6 is 11.9 Å². The van der Waals surface area contributed by atoms with Crippen molar-refractivity contribution < 1.29 is 22.4 Å². The van der Waals surface area contributed by atoms with Gasteiger partial charge in [-0.25, -0.2) is 9.37 Å². The van der Waals surface area contributed by atoms with E-state index >= 15 is 0 Å². The summed E-state index contributed by atoms with van der Waals surface area (Å²) in [5.74, 6) is -1.18. The van der Waals surface area contributed by atoms with E-state index in [1.165, 1.54) is 30.5 Å². The van der Waals surface area contributed by atoms with Gasteiger partial charge in [0.15, 0.2) is 5.78 Å². The van der Waals surface area contributed by atoms with Gasteiger partial charge in [0.2, 0.25) is 0 Å². The molecule has 1 aromatic carbocycles. The highest BCUT2D eigenvalue weighted by molar-refractivity contribution is 8.01. The fourth-order valence-corrected chi connectivity index (χ4v) is 4.34. The number of allylic oxidation sites excluding steroid dienone is 1. The Morgan fingerprint density at radius 1 is 1.23 bits per heavy atom. The Labute approximate surface area is 173 Å². The first-order chi connectivity index (χ1) is 14.3. The van der Waals surface area contributed by atoms with Crippen molar-refractivity contribution >= 4 is 34.5 Å². The lowest BCUT2D eigenvalue weighted by Gasteiger charge is -2.22. The van der Waals surface area contributed by atoms with E-state index in [2.05, 4.69) is 14.7 Å². The van der Waals surface area contributed by atoms with E-state index in [9.17, 15) is 22.4 Å². The zero-order chi connectivity index (χ0) is 21.3. The van der Waals surface area contributed by atoms with Crippen LogP contribution in [-0.4, -0.2) is 27.2 Å². The minimum atomic E-state index is -4.32. The van der Waals surface area contributed by atoms with Crippen LogP contribution in [0.4, 0.5) is 23.2 Å². The summed E-state index contributed by atoms with van der Waals surface area (Å²) in [5.41, 5.74) is 0.620. The molecule has 3 aromatic rings. The molecule has 1 atom stereocenters. The zero-order valence-electron chi connectivity index (χ0n) is 15.6. The Bertz CT molecular complexity index is 1120. The molecular formula is C21H17F4N3OS. The van der Waals surface area contributed by atoms with E-state index in [1.54, 1.807) is 18.3 Å². The van der Waals surface area contributed by atoms with Crippen LogP contribution in [0.1, 0.15) is 35.2 Å². The first-order valence-corrected chi connectivity index (χ1v) is 10.2. The van der Waals surface area contributed by atoms with Crippen LogP contribution in [0.5, 0.6) is 0 Å². The summed E-state index contributed by atoms with van der Waals surface area (Å²) in [6, 6.07) is 7.39. The Morgan fingerprint density at radius 3 is 2.87 bits per heavy atom. The number of H-pyrrole nitrogens is 1. The van der Waals surface area contributed by atoms with E-state index in [4.69, 9.17) is 0 Å². The van der Waals surface area contributed by atoms with Crippen molar-refractivity contribution in [2.75, 3.05) is 4.72 Å². The van der Waals surface area contributed by atoms with Crippen molar-refractivity contribution in [1.82, 2.24) is 9.97 Å². The molecule has 0 saturated heterocycles. The number of ketones is 1. The molecule has 0 amide bonds. The molecule has 4 nitrogen and oxygen atoms in total. The molecule has 9 heteroatoms. The highest BCUT2D eigenvalue weighted by Crippen LogP contribution is 2.36. The maximum absolute atomic E-state index is 14.4. The summed E-state index contributed by atoms with van der Waals surface area (Å²) in [6.07, 6.45) is 1.06. The van der Waals surface area contributed by atoms with Gasteiger partial charge in [0, 0.05) is 39.9 Å². The number of carbonyl (C=O) groups is 1. The molecule has 0 radical (unpaired) electrons. The topological polar surface area (TPSA) is 57.8 Å². The SMILES string of the molecule is O=C(c1cc(NSC2C=C(C(F)(F)F)CCC2)ccc1F)c1c[nH]c2ncccc12. The van der Waals surface area contributed by atoms with Crippen molar-refractivity contribution in [1.29, 1.82) is 0 Å². The lowest BCUT2D eigenvalue weighted by molar-refractivity contribution is -0.0949. The summed E-state index contributed by atoms with van der Waals surface area (Å²) in [6.45, 7) is 0. The van der Waals surface area contributed by atoms with Gasteiger partial charge in [-0.3, -0.25) is 4.79 Å². The van der Waals surface area contributed by atoms with E-state index in [1.807, 2.05) is 0 Å². The van der Waals surface area contributed by atoms with Crippen LogP contribution in [0.15, 0.2) is 54.4 Å². The molecular weight excluding hydrogens is 418 g/mol. The Morgan fingerprint density at radius 2 is 2.07 bits per heavy atom. The van der Waals surface area contributed by atoms with Crippen LogP contribution in [0.3, 0.4) is 0 Å². The van der Waals surface area contributed by atoms with Crippen molar-refractivity contribution in [3.05, 3.63) is 71.3 Å². The summed E-state index contributed by atoms with van der Waals surface area (Å²) in [4.78, 5) is 19.9. The fourth-order valence-electron chi connectivity index (χ4n) is 3.41. The number of aromatic nitrogens is 2. The molecule has 4 rings (SSSR count). The van der Waals surface area contributed by atoms with E-state index in [0.717, 1.165) is 11.9 Å². The lowest BCUT2D eigenvalue weighted by Crippen LogP contribution is -2.19. The quantitative estimate of drug-likeness (QED) is 0.222. The molecule has 0 aliphatic heterocycles. The Hall–Kier alpha value is -2.81. The van der Waals surface area contributed by atoms with Gasteiger partial charge in [0.05, 0.1) is 5.56 Å². The number of carbonyl (C=O) groups excluding carboxylic acids is 1. The third-order valence-electron chi connectivity index (χ3n) is 4.92. The number of benzene rings is 1. The number of alkyl halides is 3. The smallest absolute Gasteiger partial charge is 0.345 e. The Kier molecular flexibility index (Phi) is 5.55. The molecule has 0 saturated carbocycles. The first-order valence-electron chi connectivity index (χ1n) is 9.29. The molecule has 1 aliphatic rings. The minimum Gasteiger partial charge on any atom is -0.345 e. The molecule has 30 heavy (non-hydrogen) atoms. The third kappa shape index (κ3) is 4.21. The van der Waals surface area contributed by atoms with Crippen LogP contribution in [0.2, 0.25) is 0 Å². The van der Waals surface area contributed by atoms with Crippen molar-refractivity contribution in [2.24, 2.45) is 0 Å². The number of anilines is 1. The number of hydrogen-bond donors (Lipinski definition) is 2. The number of halogens is 4. The van der Waals surface area contributed by atoms with Gasteiger partial charge in [-0.05, 0) is 61.5 Å². The maximum Gasteiger partial charge on any atom is 0.412 e. The van der Waals surface area contributed by atoms with Crippen LogP contribution in [0.25, 0.3) is 11.0 Å². The predicted octanol–water partition coefficient (Wildman–Crippen LogP) is 6.03. The molecule has 156 valence electrons. The molecule has 0 spiro atoms. The third-order valence-corrected chi connectivity index (χ3v) is 5.95. The summed E-state index contributed by atoms with van der Waals surface area (Å²) in [7, 11) is 0. The number of rotatable bonds is 5. The van der Waals surface area contributed by atoms with Crippen molar-refractivity contribution in [2.45, 2.75) is 30.7 Å². The van der Waals surface area contributed by atoms with Crippen LogP contribution in [-0.2, 0) is 0 Å². The first kappa shape index (κ1) is 20.5. The second-order valence-corrected chi connectivity index (χ2v) is 8.01. The minimum absolute atomic E-state index is 0.0231. The van der Waals surface area contributed by atoms with E-state index < -0.39 is 23.3 Å². The zero-order valence-corrected chi connectivity index (χ0v) is 16.4. The second kappa shape index (κ2) is 8.14. The van der Waals surface area contributed by atoms with Gasteiger partial charge in [-0.1, -0.05) is 6.08 Å². The van der Waals surface area contributed by atoms with Gasteiger partial charge in [0.1, 0.15) is 11.5 Å². The largest absolute Gasteiger partial charge is 0.412 e. The summed E-state index contributed by atoms with van der Waals surface area (Å²) >= 11 is 1.12. The molecule has 1 aliphatic carbocycles. The van der Waals surface area contributed by atoms with Crippen LogP contribution in [0, 0.1) is 5.82 Å². The normalized spacial score (nSPS) is 17.1. The van der Waals surface area contributed by atoms with Crippen LogP contribution < -0.4 is 4.72 Å². The number of aromatic amines is 1. The lowest BCUT2D eigenvalue weighted by atomic mass is 9.99. The predicted molar refractivity (Wildman–Crippen MR) is 109 cm³/mol. The van der Waals surface area contributed by atoms with Gasteiger partial charge in [-0.2, -0.15) is 13.2 Å². The van der Waals surface area contributed by atoms with Crippen molar-refractivity contribution in [3.8, 4) is 0 Å². The average molecular weight is 435 g/mol. The Balaban J connectivity index is 1.53. The van der Waals surface area contributed by atoms with E-state index in [0.29, 0.717) is 35.1 Å². The van der Waals surface area contributed by atoms with Crippen molar-refractivity contribution in [3.63, 3.8) is 0 Å².